The first-order chi connectivity index (χ1) is 9.20. The summed E-state index contributed by atoms with van der Waals surface area (Å²) >= 11 is 0. The minimum Gasteiger partial charge on any atom is -0.493 e. The smallest absolute Gasteiger partial charge is 0.334 e. The highest BCUT2D eigenvalue weighted by atomic mass is 16.5. The van der Waals surface area contributed by atoms with Gasteiger partial charge in [0.05, 0.1) is 13.7 Å². The number of aliphatic hydroxyl groups is 1. The van der Waals surface area contributed by atoms with Crippen LogP contribution in [0.25, 0.3) is 0 Å². The van der Waals surface area contributed by atoms with Gasteiger partial charge < -0.3 is 14.6 Å². The number of methoxy groups -OCH3 is 1. The van der Waals surface area contributed by atoms with Crippen LogP contribution in [-0.4, -0.2) is 30.9 Å². The van der Waals surface area contributed by atoms with Gasteiger partial charge in [0.25, 0.3) is 0 Å². The minimum absolute atomic E-state index is 0.237. The zero-order valence-corrected chi connectivity index (χ0v) is 11.0. The Morgan fingerprint density at radius 3 is 3.16 bits per heavy atom. The van der Waals surface area contributed by atoms with E-state index in [0.29, 0.717) is 6.42 Å². The Hall–Kier alpha value is -1.55. The van der Waals surface area contributed by atoms with Gasteiger partial charge in [0.2, 0.25) is 0 Å². The molecule has 2 atom stereocenters. The second kappa shape index (κ2) is 4.85. The van der Waals surface area contributed by atoms with Crippen LogP contribution in [0, 0.1) is 0 Å². The molecule has 0 fully saturated rings. The van der Waals surface area contributed by atoms with Crippen molar-refractivity contribution in [2.24, 2.45) is 0 Å². The molecule has 0 saturated heterocycles. The minimum atomic E-state index is -1.03. The number of aryl methyl sites for hydroxylation is 1. The molecule has 0 saturated carbocycles. The number of hydrogen-bond donors (Lipinski definition) is 1. The summed E-state index contributed by atoms with van der Waals surface area (Å²) in [4.78, 5) is 11.3. The maximum absolute atomic E-state index is 11.3. The second-order valence-corrected chi connectivity index (χ2v) is 5.22. The van der Waals surface area contributed by atoms with Gasteiger partial charge in [-0.05, 0) is 42.4 Å². The highest BCUT2D eigenvalue weighted by Gasteiger charge is 2.32. The van der Waals surface area contributed by atoms with Gasteiger partial charge in [-0.2, -0.15) is 0 Å². The van der Waals surface area contributed by atoms with Crippen LogP contribution in [0.15, 0.2) is 12.1 Å². The fourth-order valence-electron chi connectivity index (χ4n) is 3.29. The Balaban J connectivity index is 1.86. The van der Waals surface area contributed by atoms with Crippen LogP contribution in [0.2, 0.25) is 0 Å². The van der Waals surface area contributed by atoms with E-state index in [1.807, 2.05) is 6.07 Å². The summed E-state index contributed by atoms with van der Waals surface area (Å²) in [6.45, 7) is 0.734. The van der Waals surface area contributed by atoms with Crippen LogP contribution in [0.5, 0.6) is 5.75 Å². The molecule has 1 aliphatic carbocycles. The summed E-state index contributed by atoms with van der Waals surface area (Å²) in [7, 11) is 1.31. The zero-order valence-electron chi connectivity index (χ0n) is 11.0. The fourth-order valence-corrected chi connectivity index (χ4v) is 3.29. The molecule has 0 bridgehead atoms. The third kappa shape index (κ3) is 2.10. The lowest BCUT2D eigenvalue weighted by atomic mass is 9.90. The number of benzene rings is 1. The van der Waals surface area contributed by atoms with Crippen LogP contribution in [0.1, 0.15) is 35.4 Å². The quantitative estimate of drug-likeness (QED) is 0.840. The molecule has 1 aromatic rings. The number of ether oxygens (including phenoxy) is 2. The summed E-state index contributed by atoms with van der Waals surface area (Å²) < 4.78 is 10.2. The standard InChI is InChI=1S/C15H18O4/c1-18-15(17)12(16)8-10-3-2-9-4-5-13-11(14(9)10)6-7-19-13/h4-5,10,12,16H,2-3,6-8H2,1H3/t10-,12+/m0/s1. The van der Waals surface area contributed by atoms with Gasteiger partial charge in [0, 0.05) is 12.0 Å². The molecule has 0 aromatic heterocycles. The van der Waals surface area contributed by atoms with Crippen molar-refractivity contribution in [2.75, 3.05) is 13.7 Å². The molecule has 4 heteroatoms. The third-order valence-electron chi connectivity index (χ3n) is 4.17. The highest BCUT2D eigenvalue weighted by molar-refractivity contribution is 5.74. The molecule has 4 nitrogen and oxygen atoms in total. The van der Waals surface area contributed by atoms with Gasteiger partial charge in [-0.25, -0.2) is 4.79 Å². The second-order valence-electron chi connectivity index (χ2n) is 5.22. The fraction of sp³-hybridized carbons (Fsp3) is 0.533. The van der Waals surface area contributed by atoms with Crippen LogP contribution in [0.4, 0.5) is 0 Å². The number of carbonyl (C=O) groups excluding carboxylic acids is 1. The van der Waals surface area contributed by atoms with Crippen molar-refractivity contribution < 1.29 is 19.4 Å². The Morgan fingerprint density at radius 2 is 2.37 bits per heavy atom. The predicted molar refractivity (Wildman–Crippen MR) is 69.3 cm³/mol. The van der Waals surface area contributed by atoms with E-state index in [1.165, 1.54) is 23.8 Å². The van der Waals surface area contributed by atoms with E-state index in [9.17, 15) is 9.90 Å². The van der Waals surface area contributed by atoms with Crippen LogP contribution in [-0.2, 0) is 22.4 Å². The third-order valence-corrected chi connectivity index (χ3v) is 4.17. The van der Waals surface area contributed by atoms with E-state index in [-0.39, 0.29) is 5.92 Å². The number of aliphatic hydroxyl groups excluding tert-OH is 1. The predicted octanol–water partition coefficient (Wildman–Crippen LogP) is 1.58. The molecule has 1 heterocycles. The van der Waals surface area contributed by atoms with Crippen molar-refractivity contribution in [1.82, 2.24) is 0 Å². The summed E-state index contributed by atoms with van der Waals surface area (Å²) in [5.41, 5.74) is 3.92. The molecular weight excluding hydrogens is 244 g/mol. The Morgan fingerprint density at radius 1 is 1.53 bits per heavy atom. The maximum atomic E-state index is 11.3. The van der Waals surface area contributed by atoms with Crippen LogP contribution < -0.4 is 4.74 Å². The molecule has 102 valence electrons. The average molecular weight is 262 g/mol. The Kier molecular flexibility index (Phi) is 3.19. The summed E-state index contributed by atoms with van der Waals surface area (Å²) in [5.74, 6) is 0.663. The molecule has 2 aliphatic rings. The van der Waals surface area contributed by atoms with E-state index in [4.69, 9.17) is 4.74 Å². The van der Waals surface area contributed by atoms with Crippen LogP contribution >= 0.6 is 0 Å². The maximum Gasteiger partial charge on any atom is 0.334 e. The highest BCUT2D eigenvalue weighted by Crippen LogP contribution is 2.43. The number of rotatable bonds is 3. The van der Waals surface area contributed by atoms with E-state index >= 15 is 0 Å². The molecule has 0 amide bonds. The van der Waals surface area contributed by atoms with E-state index in [0.717, 1.165) is 31.6 Å². The lowest BCUT2D eigenvalue weighted by molar-refractivity contribution is -0.150. The van der Waals surface area contributed by atoms with Gasteiger partial charge in [-0.3, -0.25) is 0 Å². The summed E-state index contributed by atoms with van der Waals surface area (Å²) in [6.07, 6.45) is 2.35. The first-order valence-electron chi connectivity index (χ1n) is 6.74. The molecule has 1 N–H and O–H groups in total. The number of fused-ring (bicyclic) bond motifs is 3. The number of esters is 1. The van der Waals surface area contributed by atoms with E-state index < -0.39 is 12.1 Å². The van der Waals surface area contributed by atoms with Gasteiger partial charge >= 0.3 is 5.97 Å². The average Bonchev–Trinajstić information content (AvgIpc) is 3.03. The van der Waals surface area contributed by atoms with Gasteiger partial charge in [0.15, 0.2) is 6.10 Å². The molecule has 1 aromatic carbocycles. The van der Waals surface area contributed by atoms with Crippen molar-refractivity contribution in [3.8, 4) is 5.75 Å². The van der Waals surface area contributed by atoms with Gasteiger partial charge in [-0.1, -0.05) is 6.07 Å². The van der Waals surface area contributed by atoms with Crippen molar-refractivity contribution in [1.29, 1.82) is 0 Å². The molecule has 3 rings (SSSR count). The van der Waals surface area contributed by atoms with Crippen molar-refractivity contribution in [3.05, 3.63) is 28.8 Å². The van der Waals surface area contributed by atoms with Gasteiger partial charge in [0.1, 0.15) is 5.75 Å². The molecule has 0 spiro atoms. The van der Waals surface area contributed by atoms with Crippen molar-refractivity contribution >= 4 is 5.97 Å². The van der Waals surface area contributed by atoms with Crippen molar-refractivity contribution in [2.45, 2.75) is 37.7 Å². The number of carbonyl (C=O) groups is 1. The Bertz CT molecular complexity index is 509. The lowest BCUT2D eigenvalue weighted by Crippen LogP contribution is -2.23. The van der Waals surface area contributed by atoms with Crippen molar-refractivity contribution in [3.63, 3.8) is 0 Å². The molecule has 19 heavy (non-hydrogen) atoms. The molecule has 0 unspecified atom stereocenters. The SMILES string of the molecule is COC(=O)[C@H](O)C[C@@H]1CCc2ccc3c(c21)CCO3. The molecule has 1 aliphatic heterocycles. The molecular formula is C15H18O4. The summed E-state index contributed by atoms with van der Waals surface area (Å²) in [5, 5.41) is 9.85. The monoisotopic (exact) mass is 262 g/mol. The van der Waals surface area contributed by atoms with E-state index in [2.05, 4.69) is 10.8 Å². The molecule has 0 radical (unpaired) electrons. The van der Waals surface area contributed by atoms with E-state index in [1.54, 1.807) is 0 Å². The van der Waals surface area contributed by atoms with Gasteiger partial charge in [-0.15, -0.1) is 0 Å². The Labute approximate surface area is 112 Å². The zero-order chi connectivity index (χ0) is 13.4. The summed E-state index contributed by atoms with van der Waals surface area (Å²) in [6, 6.07) is 4.16. The normalized spacial score (nSPS) is 21.5. The number of hydrogen-bond acceptors (Lipinski definition) is 4. The first kappa shape index (κ1) is 12.5. The van der Waals surface area contributed by atoms with Crippen LogP contribution in [0.3, 0.4) is 0 Å². The largest absolute Gasteiger partial charge is 0.493 e. The topological polar surface area (TPSA) is 55.8 Å². The first-order valence-corrected chi connectivity index (χ1v) is 6.74. The lowest BCUT2D eigenvalue weighted by Gasteiger charge is -2.17.